The van der Waals surface area contributed by atoms with E-state index in [4.69, 9.17) is 0 Å². The van der Waals surface area contributed by atoms with E-state index in [0.717, 1.165) is 30.2 Å². The Morgan fingerprint density at radius 1 is 1.11 bits per heavy atom. The molecule has 2 rings (SSSR count). The highest BCUT2D eigenvalue weighted by molar-refractivity contribution is 7.99. The molecule has 1 nitrogen and oxygen atoms in total. The molecule has 1 N–H and O–H groups in total. The van der Waals surface area contributed by atoms with Crippen molar-refractivity contribution in [3.63, 3.8) is 0 Å². The van der Waals surface area contributed by atoms with E-state index in [1.165, 1.54) is 17.0 Å². The molecule has 1 heterocycles. The molecule has 2 aromatic rings. The third-order valence-electron chi connectivity index (χ3n) is 2.49. The fraction of sp³-hybridized carbons (Fsp3) is 0.286. The van der Waals surface area contributed by atoms with E-state index in [-0.39, 0.29) is 5.82 Å². The smallest absolute Gasteiger partial charge is 0.123 e. The van der Waals surface area contributed by atoms with Crippen molar-refractivity contribution >= 4 is 23.1 Å². The summed E-state index contributed by atoms with van der Waals surface area (Å²) < 4.78 is 12.7. The quantitative estimate of drug-likeness (QED) is 0.612. The van der Waals surface area contributed by atoms with Crippen molar-refractivity contribution in [1.82, 2.24) is 5.32 Å². The Morgan fingerprint density at radius 3 is 2.67 bits per heavy atom. The van der Waals surface area contributed by atoms with Gasteiger partial charge in [0.2, 0.25) is 0 Å². The van der Waals surface area contributed by atoms with Gasteiger partial charge in [-0.1, -0.05) is 6.07 Å². The fourth-order valence-corrected chi connectivity index (χ4v) is 3.08. The number of hydrogen-bond acceptors (Lipinski definition) is 3. The molecular weight excluding hydrogens is 265 g/mol. The number of hydrogen-bond donors (Lipinski definition) is 1. The summed E-state index contributed by atoms with van der Waals surface area (Å²) >= 11 is 3.55. The van der Waals surface area contributed by atoms with Crippen LogP contribution in [0, 0.1) is 5.82 Å². The zero-order chi connectivity index (χ0) is 12.6. The van der Waals surface area contributed by atoms with Crippen molar-refractivity contribution < 1.29 is 4.39 Å². The van der Waals surface area contributed by atoms with Crippen LogP contribution in [0.25, 0.3) is 0 Å². The van der Waals surface area contributed by atoms with Crippen LogP contribution in [0.1, 0.15) is 4.88 Å². The summed E-state index contributed by atoms with van der Waals surface area (Å²) in [4.78, 5) is 2.55. The number of thioether (sulfide) groups is 1. The van der Waals surface area contributed by atoms with Gasteiger partial charge in [-0.05, 0) is 48.7 Å². The fourth-order valence-electron chi connectivity index (χ4n) is 1.56. The molecular formula is C14H16FNS2. The Balaban J connectivity index is 1.55. The molecule has 0 aliphatic rings. The van der Waals surface area contributed by atoms with Crippen molar-refractivity contribution in [2.75, 3.05) is 18.8 Å². The van der Waals surface area contributed by atoms with Gasteiger partial charge in [0.1, 0.15) is 5.82 Å². The average molecular weight is 281 g/mol. The highest BCUT2D eigenvalue weighted by atomic mass is 32.2. The monoisotopic (exact) mass is 281 g/mol. The van der Waals surface area contributed by atoms with E-state index in [9.17, 15) is 4.39 Å². The first-order valence-corrected chi connectivity index (χ1v) is 7.82. The molecule has 4 heteroatoms. The lowest BCUT2D eigenvalue weighted by molar-refractivity contribution is 0.626. The molecule has 0 atom stereocenters. The maximum Gasteiger partial charge on any atom is 0.123 e. The lowest BCUT2D eigenvalue weighted by Gasteiger charge is -2.04. The molecule has 0 fully saturated rings. The maximum atomic E-state index is 12.7. The molecule has 96 valence electrons. The zero-order valence-corrected chi connectivity index (χ0v) is 11.7. The second kappa shape index (κ2) is 7.56. The van der Waals surface area contributed by atoms with Crippen LogP contribution in [0.5, 0.6) is 0 Å². The summed E-state index contributed by atoms with van der Waals surface area (Å²) in [7, 11) is 0. The van der Waals surface area contributed by atoms with E-state index in [0.29, 0.717) is 0 Å². The van der Waals surface area contributed by atoms with Crippen molar-refractivity contribution in [1.29, 1.82) is 0 Å². The largest absolute Gasteiger partial charge is 0.316 e. The Kier molecular flexibility index (Phi) is 5.71. The third kappa shape index (κ3) is 4.80. The lowest BCUT2D eigenvalue weighted by atomic mass is 10.3. The van der Waals surface area contributed by atoms with Gasteiger partial charge in [0.15, 0.2) is 0 Å². The van der Waals surface area contributed by atoms with Gasteiger partial charge in [-0.3, -0.25) is 0 Å². The Morgan fingerprint density at radius 2 is 1.94 bits per heavy atom. The predicted molar refractivity (Wildman–Crippen MR) is 78.0 cm³/mol. The van der Waals surface area contributed by atoms with Crippen LogP contribution in [0.2, 0.25) is 0 Å². The summed E-state index contributed by atoms with van der Waals surface area (Å²) in [6.07, 6.45) is 1.10. The summed E-state index contributed by atoms with van der Waals surface area (Å²) in [6.45, 7) is 2.00. The molecule has 0 saturated heterocycles. The molecule has 0 unspecified atom stereocenters. The van der Waals surface area contributed by atoms with Gasteiger partial charge in [0.25, 0.3) is 0 Å². The lowest BCUT2D eigenvalue weighted by Crippen LogP contribution is -2.19. The molecule has 0 spiro atoms. The first kappa shape index (κ1) is 13.6. The minimum Gasteiger partial charge on any atom is -0.316 e. The minimum absolute atomic E-state index is 0.173. The Labute approximate surface area is 115 Å². The number of nitrogens with one attached hydrogen (secondary N) is 1. The molecule has 0 aliphatic heterocycles. The van der Waals surface area contributed by atoms with Gasteiger partial charge in [-0.15, -0.1) is 23.1 Å². The molecule has 18 heavy (non-hydrogen) atoms. The van der Waals surface area contributed by atoms with Crippen LogP contribution in [-0.4, -0.2) is 18.8 Å². The van der Waals surface area contributed by atoms with Crippen molar-refractivity contribution in [2.24, 2.45) is 0 Å². The van der Waals surface area contributed by atoms with Gasteiger partial charge in [-0.25, -0.2) is 4.39 Å². The SMILES string of the molecule is Fc1ccc(SCCNCCc2cccs2)cc1. The van der Waals surface area contributed by atoms with E-state index in [1.807, 2.05) is 12.1 Å². The topological polar surface area (TPSA) is 12.0 Å². The van der Waals surface area contributed by atoms with Gasteiger partial charge in [0.05, 0.1) is 0 Å². The van der Waals surface area contributed by atoms with E-state index >= 15 is 0 Å². The summed E-state index contributed by atoms with van der Waals surface area (Å²) in [5, 5.41) is 5.53. The van der Waals surface area contributed by atoms with Crippen LogP contribution >= 0.6 is 23.1 Å². The summed E-state index contributed by atoms with van der Waals surface area (Å²) in [5.41, 5.74) is 0. The van der Waals surface area contributed by atoms with Crippen molar-refractivity contribution in [3.05, 3.63) is 52.5 Å². The molecule has 1 aromatic heterocycles. The molecule has 0 bridgehead atoms. The molecule has 0 amide bonds. The van der Waals surface area contributed by atoms with Gasteiger partial charge in [-0.2, -0.15) is 0 Å². The van der Waals surface area contributed by atoms with Crippen LogP contribution in [0.4, 0.5) is 4.39 Å². The van der Waals surface area contributed by atoms with Crippen LogP contribution in [0.3, 0.4) is 0 Å². The first-order valence-electron chi connectivity index (χ1n) is 5.96. The number of thiophene rings is 1. The number of halogens is 1. The Hall–Kier alpha value is -0.840. The van der Waals surface area contributed by atoms with Gasteiger partial charge in [0, 0.05) is 22.1 Å². The highest BCUT2D eigenvalue weighted by Crippen LogP contribution is 2.17. The van der Waals surface area contributed by atoms with Crippen molar-refractivity contribution in [2.45, 2.75) is 11.3 Å². The van der Waals surface area contributed by atoms with Crippen LogP contribution in [0.15, 0.2) is 46.7 Å². The van der Waals surface area contributed by atoms with Crippen LogP contribution < -0.4 is 5.32 Å². The van der Waals surface area contributed by atoms with E-state index < -0.39 is 0 Å². The average Bonchev–Trinajstić information content (AvgIpc) is 2.89. The van der Waals surface area contributed by atoms with E-state index in [1.54, 1.807) is 23.1 Å². The van der Waals surface area contributed by atoms with Crippen LogP contribution in [-0.2, 0) is 6.42 Å². The van der Waals surface area contributed by atoms with Gasteiger partial charge < -0.3 is 5.32 Å². The number of rotatable bonds is 7. The first-order chi connectivity index (χ1) is 8.84. The van der Waals surface area contributed by atoms with Crippen molar-refractivity contribution in [3.8, 4) is 0 Å². The zero-order valence-electron chi connectivity index (χ0n) is 10.1. The maximum absolute atomic E-state index is 12.7. The normalized spacial score (nSPS) is 10.7. The van der Waals surface area contributed by atoms with Gasteiger partial charge >= 0.3 is 0 Å². The number of benzene rings is 1. The molecule has 0 aliphatic carbocycles. The summed E-state index contributed by atoms with van der Waals surface area (Å²) in [6, 6.07) is 10.9. The Bertz CT molecular complexity index is 439. The molecule has 1 aromatic carbocycles. The molecule has 0 radical (unpaired) electrons. The second-order valence-electron chi connectivity index (χ2n) is 3.88. The third-order valence-corrected chi connectivity index (χ3v) is 4.44. The van der Waals surface area contributed by atoms with E-state index in [2.05, 4.69) is 22.8 Å². The standard InChI is InChI=1S/C14H16FNS2/c15-12-3-5-14(6-4-12)18-11-9-16-8-7-13-2-1-10-17-13/h1-6,10,16H,7-9,11H2. The second-order valence-corrected chi connectivity index (χ2v) is 6.08. The highest BCUT2D eigenvalue weighted by Gasteiger charge is 1.96. The minimum atomic E-state index is -0.173. The summed E-state index contributed by atoms with van der Waals surface area (Å²) in [5.74, 6) is 0.837. The predicted octanol–water partition coefficient (Wildman–Crippen LogP) is 3.81. The molecule has 0 saturated carbocycles.